The molecular formula is C16H23N5O2. The van der Waals surface area contributed by atoms with Gasteiger partial charge in [-0.1, -0.05) is 0 Å². The summed E-state index contributed by atoms with van der Waals surface area (Å²) in [5.41, 5.74) is 8.59. The lowest BCUT2D eigenvalue weighted by molar-refractivity contribution is -0.121. The molecule has 7 nitrogen and oxygen atoms in total. The number of pyridine rings is 1. The van der Waals surface area contributed by atoms with Gasteiger partial charge in [-0.25, -0.2) is 4.98 Å². The monoisotopic (exact) mass is 317 g/mol. The average Bonchev–Trinajstić information content (AvgIpc) is 3.28. The van der Waals surface area contributed by atoms with Gasteiger partial charge in [-0.15, -0.1) is 0 Å². The Morgan fingerprint density at radius 1 is 1.48 bits per heavy atom. The van der Waals surface area contributed by atoms with Gasteiger partial charge in [-0.05, 0) is 43.7 Å². The normalized spacial score (nSPS) is 15.8. The molecule has 1 unspecified atom stereocenters. The first-order valence-corrected chi connectivity index (χ1v) is 7.96. The van der Waals surface area contributed by atoms with Crippen LogP contribution in [-0.2, 0) is 18.3 Å². The Hall–Kier alpha value is -2.15. The molecule has 4 N–H and O–H groups in total. The number of nitrogens with one attached hydrogen (secondary N) is 2. The van der Waals surface area contributed by atoms with Crippen LogP contribution < -0.4 is 16.6 Å². The van der Waals surface area contributed by atoms with Crippen LogP contribution in [0.3, 0.4) is 0 Å². The van der Waals surface area contributed by atoms with E-state index in [0.29, 0.717) is 23.5 Å². The van der Waals surface area contributed by atoms with Crippen LogP contribution >= 0.6 is 0 Å². The zero-order valence-electron chi connectivity index (χ0n) is 13.8. The zero-order chi connectivity index (χ0) is 16.7. The van der Waals surface area contributed by atoms with Gasteiger partial charge < -0.3 is 11.1 Å². The van der Waals surface area contributed by atoms with Crippen molar-refractivity contribution in [1.29, 1.82) is 0 Å². The number of rotatable bonds is 5. The number of nitrogens with two attached hydrogens (primary N) is 1. The van der Waals surface area contributed by atoms with Gasteiger partial charge >= 0.3 is 0 Å². The molecule has 1 aliphatic carbocycles. The molecule has 0 bridgehead atoms. The van der Waals surface area contributed by atoms with E-state index in [1.165, 1.54) is 0 Å². The fraction of sp³-hybridized carbons (Fsp3) is 0.562. The Balaban J connectivity index is 1.89. The molecule has 1 amide bonds. The lowest BCUT2D eigenvalue weighted by Gasteiger charge is -2.17. The van der Waals surface area contributed by atoms with Crippen LogP contribution in [0.2, 0.25) is 0 Å². The Kier molecular flexibility index (Phi) is 3.97. The summed E-state index contributed by atoms with van der Waals surface area (Å²) in [6.07, 6.45) is 2.48. The fourth-order valence-corrected chi connectivity index (χ4v) is 3.19. The van der Waals surface area contributed by atoms with Gasteiger partial charge in [0, 0.05) is 25.3 Å². The number of carbonyl (C=O) groups is 1. The van der Waals surface area contributed by atoms with E-state index < -0.39 is 0 Å². The number of amides is 1. The molecule has 1 aliphatic rings. The lowest BCUT2D eigenvalue weighted by Crippen LogP contribution is -2.42. The average molecular weight is 317 g/mol. The zero-order valence-corrected chi connectivity index (χ0v) is 13.8. The van der Waals surface area contributed by atoms with Crippen LogP contribution in [0.1, 0.15) is 29.7 Å². The maximum absolute atomic E-state index is 12.4. The molecule has 2 heterocycles. The van der Waals surface area contributed by atoms with Crippen molar-refractivity contribution in [3.05, 3.63) is 27.2 Å². The second kappa shape index (κ2) is 5.81. The smallest absolute Gasteiger partial charge is 0.273 e. The number of H-pyrrole nitrogens is 1. The van der Waals surface area contributed by atoms with Crippen molar-refractivity contribution in [3.8, 4) is 0 Å². The summed E-state index contributed by atoms with van der Waals surface area (Å²) in [6, 6.07) is 0.0555. The summed E-state index contributed by atoms with van der Waals surface area (Å²) in [4.78, 5) is 28.9. The van der Waals surface area contributed by atoms with Crippen molar-refractivity contribution in [1.82, 2.24) is 20.1 Å². The second-order valence-corrected chi connectivity index (χ2v) is 6.42. The molecule has 0 aliphatic heterocycles. The van der Waals surface area contributed by atoms with Crippen LogP contribution in [0, 0.1) is 19.8 Å². The maximum Gasteiger partial charge on any atom is 0.273 e. The third-order valence-electron chi connectivity index (χ3n) is 4.70. The Bertz CT molecular complexity index is 816. The highest BCUT2D eigenvalue weighted by Gasteiger charge is 2.31. The number of aromatic amines is 1. The Morgan fingerprint density at radius 2 is 2.17 bits per heavy atom. The molecule has 0 aromatic carbocycles. The van der Waals surface area contributed by atoms with E-state index in [-0.39, 0.29) is 23.9 Å². The minimum absolute atomic E-state index is 0.0555. The SMILES string of the molecule is Cc1nc2c(c(C)c1CC(=O)NC(CN)C1CC1)c(=O)[nH]n2C. The molecule has 3 rings (SSSR count). The van der Waals surface area contributed by atoms with Crippen molar-refractivity contribution in [3.63, 3.8) is 0 Å². The molecule has 23 heavy (non-hydrogen) atoms. The van der Waals surface area contributed by atoms with Crippen LogP contribution in [0.25, 0.3) is 11.0 Å². The van der Waals surface area contributed by atoms with Gasteiger partial charge in [-0.3, -0.25) is 19.4 Å². The van der Waals surface area contributed by atoms with E-state index in [2.05, 4.69) is 15.4 Å². The number of aryl methyl sites for hydroxylation is 3. The van der Waals surface area contributed by atoms with Gasteiger partial charge in [0.25, 0.3) is 5.56 Å². The number of nitrogens with zero attached hydrogens (tertiary/aromatic N) is 2. The third kappa shape index (κ3) is 2.88. The van der Waals surface area contributed by atoms with Crippen molar-refractivity contribution in [2.75, 3.05) is 6.54 Å². The van der Waals surface area contributed by atoms with Gasteiger partial charge in [0.15, 0.2) is 5.65 Å². The van der Waals surface area contributed by atoms with Gasteiger partial charge in [0.1, 0.15) is 0 Å². The first-order valence-electron chi connectivity index (χ1n) is 7.96. The quantitative estimate of drug-likeness (QED) is 0.736. The number of aromatic nitrogens is 3. The summed E-state index contributed by atoms with van der Waals surface area (Å²) in [7, 11) is 1.75. The summed E-state index contributed by atoms with van der Waals surface area (Å²) in [5, 5.41) is 6.28. The van der Waals surface area contributed by atoms with Crippen molar-refractivity contribution in [2.24, 2.45) is 18.7 Å². The topological polar surface area (TPSA) is 106 Å². The summed E-state index contributed by atoms with van der Waals surface area (Å²) in [5.74, 6) is 0.454. The summed E-state index contributed by atoms with van der Waals surface area (Å²) in [6.45, 7) is 4.20. The minimum atomic E-state index is -0.174. The highest BCUT2D eigenvalue weighted by molar-refractivity contribution is 5.84. The number of carbonyl (C=O) groups excluding carboxylic acids is 1. The summed E-state index contributed by atoms with van der Waals surface area (Å²) < 4.78 is 1.61. The molecule has 2 aromatic rings. The second-order valence-electron chi connectivity index (χ2n) is 6.42. The van der Waals surface area contributed by atoms with Crippen molar-refractivity contribution in [2.45, 2.75) is 39.2 Å². The lowest BCUT2D eigenvalue weighted by atomic mass is 10.0. The first-order chi connectivity index (χ1) is 10.9. The largest absolute Gasteiger partial charge is 0.352 e. The molecule has 0 spiro atoms. The third-order valence-corrected chi connectivity index (χ3v) is 4.70. The Morgan fingerprint density at radius 3 is 2.78 bits per heavy atom. The van der Waals surface area contributed by atoms with E-state index in [1.54, 1.807) is 11.7 Å². The van der Waals surface area contributed by atoms with Crippen LogP contribution in [-0.4, -0.2) is 33.3 Å². The molecule has 7 heteroatoms. The maximum atomic E-state index is 12.4. The van der Waals surface area contributed by atoms with E-state index in [4.69, 9.17) is 5.73 Å². The predicted octanol–water partition coefficient (Wildman–Crippen LogP) is 0.274. The van der Waals surface area contributed by atoms with E-state index >= 15 is 0 Å². The summed E-state index contributed by atoms with van der Waals surface area (Å²) >= 11 is 0. The van der Waals surface area contributed by atoms with Crippen molar-refractivity contribution >= 4 is 16.9 Å². The first kappa shape index (κ1) is 15.7. The van der Waals surface area contributed by atoms with Gasteiger partial charge in [0.2, 0.25) is 5.91 Å². The van der Waals surface area contributed by atoms with Crippen LogP contribution in [0.5, 0.6) is 0 Å². The van der Waals surface area contributed by atoms with Crippen LogP contribution in [0.15, 0.2) is 4.79 Å². The fourth-order valence-electron chi connectivity index (χ4n) is 3.19. The standard InChI is InChI=1S/C16H23N5O2/c1-8-11(6-13(22)19-12(7-17)10-4-5-10)9(2)18-15-14(8)16(23)20-21(15)3/h10,12H,4-7,17H2,1-3H3,(H,19,22)(H,20,23). The van der Waals surface area contributed by atoms with E-state index in [1.807, 2.05) is 13.8 Å². The van der Waals surface area contributed by atoms with E-state index in [9.17, 15) is 9.59 Å². The highest BCUT2D eigenvalue weighted by atomic mass is 16.1. The molecule has 1 saturated carbocycles. The molecule has 0 radical (unpaired) electrons. The molecule has 1 fully saturated rings. The van der Waals surface area contributed by atoms with Gasteiger partial charge in [0.05, 0.1) is 11.8 Å². The molecule has 124 valence electrons. The van der Waals surface area contributed by atoms with Crippen molar-refractivity contribution < 1.29 is 4.79 Å². The minimum Gasteiger partial charge on any atom is -0.352 e. The molecular weight excluding hydrogens is 294 g/mol. The number of fused-ring (bicyclic) bond motifs is 1. The van der Waals surface area contributed by atoms with E-state index in [0.717, 1.165) is 29.7 Å². The predicted molar refractivity (Wildman–Crippen MR) is 88.2 cm³/mol. The van der Waals surface area contributed by atoms with Crippen LogP contribution in [0.4, 0.5) is 0 Å². The number of hydrogen-bond acceptors (Lipinski definition) is 4. The highest BCUT2D eigenvalue weighted by Crippen LogP contribution is 2.32. The Labute approximate surface area is 134 Å². The molecule has 1 atom stereocenters. The van der Waals surface area contributed by atoms with Gasteiger partial charge in [-0.2, -0.15) is 0 Å². The number of hydrogen-bond donors (Lipinski definition) is 3. The molecule has 2 aromatic heterocycles. The molecule has 0 saturated heterocycles.